The molecule has 21 heavy (non-hydrogen) atoms. The molecular formula is C16H24ClN3O. The number of hydrogen-bond acceptors (Lipinski definition) is 3. The molecule has 0 aromatic carbocycles. The first-order valence-electron chi connectivity index (χ1n) is 7.72. The minimum absolute atomic E-state index is 0.0769. The second-order valence-corrected chi connectivity index (χ2v) is 6.58. The minimum atomic E-state index is -0.0769. The number of halogens is 1. The monoisotopic (exact) mass is 309 g/mol. The number of carbonyl (C=O) groups excluding carboxylic acids is 1. The summed E-state index contributed by atoms with van der Waals surface area (Å²) in [4.78, 5) is 16.5. The summed E-state index contributed by atoms with van der Waals surface area (Å²) in [5.74, 6) is 0.577. The van der Waals surface area contributed by atoms with Gasteiger partial charge in [-0.25, -0.2) is 4.98 Å². The first kappa shape index (κ1) is 16.1. The molecule has 0 bridgehead atoms. The fraction of sp³-hybridized carbons (Fsp3) is 0.625. The van der Waals surface area contributed by atoms with Crippen LogP contribution in [0, 0.1) is 5.41 Å². The van der Waals surface area contributed by atoms with Crippen molar-refractivity contribution in [1.82, 2.24) is 10.3 Å². The Balaban J connectivity index is 1.99. The van der Waals surface area contributed by atoms with Gasteiger partial charge in [-0.05, 0) is 36.8 Å². The molecule has 1 heterocycles. The highest BCUT2D eigenvalue weighted by Gasteiger charge is 2.29. The van der Waals surface area contributed by atoms with Crippen LogP contribution in [0.3, 0.4) is 0 Å². The quantitative estimate of drug-likeness (QED) is 0.784. The molecule has 0 unspecified atom stereocenters. The molecule has 4 nitrogen and oxygen atoms in total. The van der Waals surface area contributed by atoms with E-state index in [1.54, 1.807) is 12.1 Å². The van der Waals surface area contributed by atoms with Crippen LogP contribution in [0.25, 0.3) is 0 Å². The van der Waals surface area contributed by atoms with Crippen molar-refractivity contribution < 1.29 is 4.79 Å². The molecule has 1 amide bonds. The van der Waals surface area contributed by atoms with Gasteiger partial charge < -0.3 is 10.6 Å². The molecule has 0 aliphatic heterocycles. The number of aromatic nitrogens is 1. The van der Waals surface area contributed by atoms with Crippen molar-refractivity contribution in [2.45, 2.75) is 46.0 Å². The number of nitrogens with one attached hydrogen (secondary N) is 2. The highest BCUT2D eigenvalue weighted by atomic mass is 35.5. The van der Waals surface area contributed by atoms with Crippen molar-refractivity contribution >= 4 is 23.3 Å². The second-order valence-electron chi connectivity index (χ2n) is 6.19. The Bertz CT molecular complexity index is 498. The van der Waals surface area contributed by atoms with Crippen LogP contribution in [0.2, 0.25) is 5.15 Å². The molecule has 0 radical (unpaired) electrons. The lowest BCUT2D eigenvalue weighted by molar-refractivity contribution is 0.0934. The number of anilines is 1. The zero-order valence-corrected chi connectivity index (χ0v) is 13.6. The van der Waals surface area contributed by atoms with Crippen LogP contribution in [0.1, 0.15) is 56.3 Å². The van der Waals surface area contributed by atoms with E-state index in [0.29, 0.717) is 16.5 Å². The normalized spacial score (nSPS) is 16.7. The Morgan fingerprint density at radius 3 is 2.76 bits per heavy atom. The van der Waals surface area contributed by atoms with Gasteiger partial charge in [0, 0.05) is 18.7 Å². The maximum absolute atomic E-state index is 12.3. The number of rotatable bonds is 6. The molecule has 1 fully saturated rings. The van der Waals surface area contributed by atoms with Crippen LogP contribution in [-0.2, 0) is 0 Å². The first-order chi connectivity index (χ1) is 10.0. The lowest BCUT2D eigenvalue weighted by atomic mass is 9.89. The summed E-state index contributed by atoms with van der Waals surface area (Å²) < 4.78 is 0. The van der Waals surface area contributed by atoms with E-state index in [0.717, 1.165) is 19.5 Å². The Morgan fingerprint density at radius 2 is 2.10 bits per heavy atom. The van der Waals surface area contributed by atoms with Gasteiger partial charge in [-0.15, -0.1) is 0 Å². The third kappa shape index (κ3) is 4.60. The second kappa shape index (κ2) is 7.12. The van der Waals surface area contributed by atoms with E-state index in [1.165, 1.54) is 25.7 Å². The number of hydrogen-bond donors (Lipinski definition) is 2. The smallest absolute Gasteiger partial charge is 0.251 e. The molecule has 1 saturated carbocycles. The van der Waals surface area contributed by atoms with Crippen LogP contribution < -0.4 is 10.6 Å². The molecule has 116 valence electrons. The predicted octanol–water partition coefficient (Wildman–Crippen LogP) is 3.87. The molecule has 0 saturated heterocycles. The third-order valence-corrected chi connectivity index (χ3v) is 4.29. The van der Waals surface area contributed by atoms with Crippen LogP contribution in [0.15, 0.2) is 12.1 Å². The molecule has 2 N–H and O–H groups in total. The summed E-state index contributed by atoms with van der Waals surface area (Å²) >= 11 is 6.00. The molecule has 1 aliphatic carbocycles. The Kier molecular flexibility index (Phi) is 5.45. The predicted molar refractivity (Wildman–Crippen MR) is 86.9 cm³/mol. The fourth-order valence-electron chi connectivity index (χ4n) is 2.77. The zero-order chi connectivity index (χ0) is 15.3. The molecule has 1 aromatic heterocycles. The summed E-state index contributed by atoms with van der Waals surface area (Å²) in [7, 11) is 0. The van der Waals surface area contributed by atoms with Crippen LogP contribution in [0.5, 0.6) is 0 Å². The summed E-state index contributed by atoms with van der Waals surface area (Å²) in [6.07, 6.45) is 5.90. The average molecular weight is 310 g/mol. The van der Waals surface area contributed by atoms with Crippen LogP contribution >= 0.6 is 11.6 Å². The molecule has 1 aliphatic rings. The van der Waals surface area contributed by atoms with Gasteiger partial charge in [0.05, 0.1) is 0 Å². The van der Waals surface area contributed by atoms with E-state index in [9.17, 15) is 4.79 Å². The SMILES string of the molecule is CCCNc1cc(C(=O)NCC2(C)CCCC2)cc(Cl)n1. The van der Waals surface area contributed by atoms with Crippen molar-refractivity contribution in [3.63, 3.8) is 0 Å². The molecule has 0 atom stereocenters. The Hall–Kier alpha value is -1.29. The van der Waals surface area contributed by atoms with Gasteiger partial charge in [0.25, 0.3) is 5.91 Å². The standard InChI is InChI=1S/C16H24ClN3O/c1-3-8-18-14-10-12(9-13(17)20-14)15(21)19-11-16(2)6-4-5-7-16/h9-10H,3-8,11H2,1-2H3,(H,18,20)(H,19,21). The molecule has 2 rings (SSSR count). The van der Waals surface area contributed by atoms with Crippen molar-refractivity contribution in [3.8, 4) is 0 Å². The van der Waals surface area contributed by atoms with Crippen LogP contribution in [-0.4, -0.2) is 24.0 Å². The van der Waals surface area contributed by atoms with E-state index in [2.05, 4.69) is 29.5 Å². The topological polar surface area (TPSA) is 54.0 Å². The first-order valence-corrected chi connectivity index (χ1v) is 8.10. The third-order valence-electron chi connectivity index (χ3n) is 4.10. The van der Waals surface area contributed by atoms with Crippen molar-refractivity contribution in [2.24, 2.45) is 5.41 Å². The number of amides is 1. The van der Waals surface area contributed by atoms with Crippen molar-refractivity contribution in [2.75, 3.05) is 18.4 Å². The molecule has 5 heteroatoms. The maximum Gasteiger partial charge on any atom is 0.251 e. The molecule has 1 aromatic rings. The summed E-state index contributed by atoms with van der Waals surface area (Å²) in [6.45, 7) is 5.86. The van der Waals surface area contributed by atoms with Crippen molar-refractivity contribution in [1.29, 1.82) is 0 Å². The molecular weight excluding hydrogens is 286 g/mol. The number of carbonyl (C=O) groups is 1. The maximum atomic E-state index is 12.3. The molecule has 0 spiro atoms. The van der Waals surface area contributed by atoms with E-state index in [-0.39, 0.29) is 11.3 Å². The average Bonchev–Trinajstić information content (AvgIpc) is 2.89. The van der Waals surface area contributed by atoms with Crippen LogP contribution in [0.4, 0.5) is 5.82 Å². The Morgan fingerprint density at radius 1 is 1.38 bits per heavy atom. The zero-order valence-electron chi connectivity index (χ0n) is 12.8. The number of nitrogens with zero attached hydrogens (tertiary/aromatic N) is 1. The van der Waals surface area contributed by atoms with Gasteiger partial charge in [-0.3, -0.25) is 4.79 Å². The lowest BCUT2D eigenvalue weighted by Gasteiger charge is -2.23. The van der Waals surface area contributed by atoms with Gasteiger partial charge in [0.1, 0.15) is 11.0 Å². The summed E-state index contributed by atoms with van der Waals surface area (Å²) in [6, 6.07) is 3.37. The highest BCUT2D eigenvalue weighted by molar-refractivity contribution is 6.29. The largest absolute Gasteiger partial charge is 0.370 e. The Labute approximate surface area is 131 Å². The van der Waals surface area contributed by atoms with Crippen molar-refractivity contribution in [3.05, 3.63) is 22.8 Å². The lowest BCUT2D eigenvalue weighted by Crippen LogP contribution is -2.34. The highest BCUT2D eigenvalue weighted by Crippen LogP contribution is 2.36. The number of pyridine rings is 1. The van der Waals surface area contributed by atoms with Gasteiger partial charge in [0.2, 0.25) is 0 Å². The van der Waals surface area contributed by atoms with E-state index < -0.39 is 0 Å². The minimum Gasteiger partial charge on any atom is -0.370 e. The van der Waals surface area contributed by atoms with Gasteiger partial charge >= 0.3 is 0 Å². The van der Waals surface area contributed by atoms with Gasteiger partial charge in [0.15, 0.2) is 0 Å². The van der Waals surface area contributed by atoms with E-state index in [1.807, 2.05) is 0 Å². The van der Waals surface area contributed by atoms with Gasteiger partial charge in [-0.2, -0.15) is 0 Å². The van der Waals surface area contributed by atoms with Gasteiger partial charge in [-0.1, -0.05) is 38.3 Å². The van der Waals surface area contributed by atoms with E-state index >= 15 is 0 Å². The fourth-order valence-corrected chi connectivity index (χ4v) is 2.98. The van der Waals surface area contributed by atoms with E-state index in [4.69, 9.17) is 11.6 Å². The summed E-state index contributed by atoms with van der Waals surface area (Å²) in [5, 5.41) is 6.54. The summed E-state index contributed by atoms with van der Waals surface area (Å²) in [5.41, 5.74) is 0.811.